The van der Waals surface area contributed by atoms with E-state index in [9.17, 15) is 0 Å². The van der Waals surface area contributed by atoms with Crippen molar-refractivity contribution >= 4 is 0 Å². The molecule has 1 heterocycles. The van der Waals surface area contributed by atoms with Gasteiger partial charge in [-0.2, -0.15) is 0 Å². The molecular formula is C18H35NO2. The quantitative estimate of drug-likeness (QED) is 0.689. The molecule has 1 N–H and O–H groups in total. The summed E-state index contributed by atoms with van der Waals surface area (Å²) in [5.41, 5.74) is 0.0986. The van der Waals surface area contributed by atoms with Gasteiger partial charge in [0.15, 0.2) is 0 Å². The predicted octanol–water partition coefficient (Wildman–Crippen LogP) is 3.91. The van der Waals surface area contributed by atoms with E-state index in [1.165, 1.54) is 44.9 Å². The molecule has 1 saturated heterocycles. The number of ether oxygens (including phenoxy) is 2. The first-order chi connectivity index (χ1) is 10.3. The number of hydrogen-bond acceptors (Lipinski definition) is 3. The summed E-state index contributed by atoms with van der Waals surface area (Å²) in [6.07, 6.45) is 11.7. The lowest BCUT2D eigenvalue weighted by atomic mass is 9.76. The smallest absolute Gasteiger partial charge is 0.0810 e. The van der Waals surface area contributed by atoms with E-state index in [4.69, 9.17) is 9.47 Å². The van der Waals surface area contributed by atoms with E-state index < -0.39 is 0 Å². The van der Waals surface area contributed by atoms with Crippen molar-refractivity contribution in [2.24, 2.45) is 5.92 Å². The summed E-state index contributed by atoms with van der Waals surface area (Å²) in [7, 11) is 0. The third-order valence-corrected chi connectivity index (χ3v) is 5.17. The standard InChI is InChI=1S/C18H35NO2/c1-3-5-16-6-10-18(11-7-16,15-19-12-4-2)21-17-8-13-20-14-9-17/h16-17,19H,3-15H2,1-2H3. The zero-order valence-corrected chi connectivity index (χ0v) is 14.2. The molecule has 124 valence electrons. The lowest BCUT2D eigenvalue weighted by molar-refractivity contribution is -0.143. The Morgan fingerprint density at radius 3 is 2.38 bits per heavy atom. The Morgan fingerprint density at radius 2 is 1.76 bits per heavy atom. The Balaban J connectivity index is 1.87. The van der Waals surface area contributed by atoms with Crippen molar-refractivity contribution in [3.63, 3.8) is 0 Å². The van der Waals surface area contributed by atoms with Crippen LogP contribution < -0.4 is 5.32 Å². The van der Waals surface area contributed by atoms with Crippen LogP contribution in [-0.2, 0) is 9.47 Å². The lowest BCUT2D eigenvalue weighted by Gasteiger charge is -2.43. The Bertz CT molecular complexity index is 268. The van der Waals surface area contributed by atoms with Crippen LogP contribution in [0.2, 0.25) is 0 Å². The minimum absolute atomic E-state index is 0.0986. The molecule has 0 aromatic carbocycles. The molecule has 0 amide bonds. The highest BCUT2D eigenvalue weighted by molar-refractivity contribution is 4.90. The van der Waals surface area contributed by atoms with Crippen LogP contribution in [0.1, 0.15) is 71.6 Å². The van der Waals surface area contributed by atoms with Crippen LogP contribution in [-0.4, -0.2) is 38.0 Å². The summed E-state index contributed by atoms with van der Waals surface area (Å²) in [4.78, 5) is 0. The van der Waals surface area contributed by atoms with Gasteiger partial charge in [-0.05, 0) is 57.4 Å². The molecule has 0 spiro atoms. The molecule has 2 aliphatic rings. The SMILES string of the molecule is CCCNCC1(OC2CCOCC2)CCC(CCC)CC1. The molecule has 21 heavy (non-hydrogen) atoms. The predicted molar refractivity (Wildman–Crippen MR) is 87.7 cm³/mol. The maximum absolute atomic E-state index is 6.65. The zero-order valence-electron chi connectivity index (χ0n) is 14.2. The molecule has 0 unspecified atom stereocenters. The van der Waals surface area contributed by atoms with E-state index in [0.29, 0.717) is 6.10 Å². The van der Waals surface area contributed by atoms with Crippen LogP contribution in [0, 0.1) is 5.92 Å². The third-order valence-electron chi connectivity index (χ3n) is 5.17. The van der Waals surface area contributed by atoms with E-state index in [2.05, 4.69) is 19.2 Å². The van der Waals surface area contributed by atoms with Crippen LogP contribution in [0.4, 0.5) is 0 Å². The highest BCUT2D eigenvalue weighted by Gasteiger charge is 2.38. The maximum Gasteiger partial charge on any atom is 0.0810 e. The molecule has 0 aromatic rings. The summed E-state index contributed by atoms with van der Waals surface area (Å²) in [5, 5.41) is 3.63. The van der Waals surface area contributed by atoms with Gasteiger partial charge in [-0.25, -0.2) is 0 Å². The fourth-order valence-corrected chi connectivity index (χ4v) is 3.88. The molecule has 0 atom stereocenters. The van der Waals surface area contributed by atoms with Gasteiger partial charge in [0.1, 0.15) is 0 Å². The Kier molecular flexibility index (Phi) is 7.48. The molecule has 1 aliphatic carbocycles. The van der Waals surface area contributed by atoms with Gasteiger partial charge in [0.2, 0.25) is 0 Å². The number of hydrogen-bond donors (Lipinski definition) is 1. The average Bonchev–Trinajstić information content (AvgIpc) is 2.51. The highest BCUT2D eigenvalue weighted by atomic mass is 16.5. The average molecular weight is 297 g/mol. The molecule has 3 nitrogen and oxygen atoms in total. The first-order valence-corrected chi connectivity index (χ1v) is 9.24. The number of rotatable bonds is 8. The summed E-state index contributed by atoms with van der Waals surface area (Å²) >= 11 is 0. The zero-order chi connectivity index (χ0) is 15.0. The minimum atomic E-state index is 0.0986. The highest BCUT2D eigenvalue weighted by Crippen LogP contribution is 2.38. The van der Waals surface area contributed by atoms with Crippen molar-refractivity contribution in [3.8, 4) is 0 Å². The van der Waals surface area contributed by atoms with Crippen LogP contribution in [0.3, 0.4) is 0 Å². The van der Waals surface area contributed by atoms with Crippen molar-refractivity contribution in [3.05, 3.63) is 0 Å². The first-order valence-electron chi connectivity index (χ1n) is 9.24. The van der Waals surface area contributed by atoms with Gasteiger partial charge < -0.3 is 14.8 Å². The minimum Gasteiger partial charge on any atom is -0.381 e. The molecule has 3 heteroatoms. The lowest BCUT2D eigenvalue weighted by Crippen LogP contribution is -2.49. The molecule has 1 aliphatic heterocycles. The monoisotopic (exact) mass is 297 g/mol. The van der Waals surface area contributed by atoms with Gasteiger partial charge in [-0.1, -0.05) is 26.7 Å². The molecule has 0 aromatic heterocycles. The molecule has 2 rings (SSSR count). The number of nitrogens with one attached hydrogen (secondary N) is 1. The van der Waals surface area contributed by atoms with Crippen LogP contribution in [0.5, 0.6) is 0 Å². The van der Waals surface area contributed by atoms with Gasteiger partial charge in [0.05, 0.1) is 11.7 Å². The van der Waals surface area contributed by atoms with Crippen LogP contribution in [0.15, 0.2) is 0 Å². The normalized spacial score (nSPS) is 31.4. The van der Waals surface area contributed by atoms with Crippen molar-refractivity contribution in [2.75, 3.05) is 26.3 Å². The Labute approximate surface area is 131 Å². The van der Waals surface area contributed by atoms with E-state index >= 15 is 0 Å². The van der Waals surface area contributed by atoms with Gasteiger partial charge in [-0.15, -0.1) is 0 Å². The fraction of sp³-hybridized carbons (Fsp3) is 1.00. The van der Waals surface area contributed by atoms with Crippen molar-refractivity contribution in [2.45, 2.75) is 83.3 Å². The summed E-state index contributed by atoms with van der Waals surface area (Å²) in [6.45, 7) is 8.44. The van der Waals surface area contributed by atoms with Gasteiger partial charge in [0.25, 0.3) is 0 Å². The van der Waals surface area contributed by atoms with E-state index in [1.807, 2.05) is 0 Å². The molecule has 2 fully saturated rings. The fourth-order valence-electron chi connectivity index (χ4n) is 3.88. The van der Waals surface area contributed by atoms with E-state index in [1.54, 1.807) is 0 Å². The van der Waals surface area contributed by atoms with Gasteiger partial charge in [-0.3, -0.25) is 0 Å². The Hall–Kier alpha value is -0.120. The maximum atomic E-state index is 6.65. The summed E-state index contributed by atoms with van der Waals surface area (Å²) in [6, 6.07) is 0. The van der Waals surface area contributed by atoms with Crippen LogP contribution >= 0.6 is 0 Å². The second kappa shape index (κ2) is 9.12. The molecular weight excluding hydrogens is 262 g/mol. The van der Waals surface area contributed by atoms with E-state index in [-0.39, 0.29) is 5.60 Å². The van der Waals surface area contributed by atoms with Crippen LogP contribution in [0.25, 0.3) is 0 Å². The van der Waals surface area contributed by atoms with Crippen molar-refractivity contribution in [1.82, 2.24) is 5.32 Å². The first kappa shape index (κ1) is 17.2. The second-order valence-electron chi connectivity index (χ2n) is 7.02. The third kappa shape index (κ3) is 5.54. The van der Waals surface area contributed by atoms with Crippen molar-refractivity contribution in [1.29, 1.82) is 0 Å². The van der Waals surface area contributed by atoms with Crippen molar-refractivity contribution < 1.29 is 9.47 Å². The molecule has 0 radical (unpaired) electrons. The largest absolute Gasteiger partial charge is 0.381 e. The summed E-state index contributed by atoms with van der Waals surface area (Å²) < 4.78 is 12.1. The topological polar surface area (TPSA) is 30.5 Å². The molecule has 1 saturated carbocycles. The Morgan fingerprint density at radius 1 is 1.05 bits per heavy atom. The second-order valence-corrected chi connectivity index (χ2v) is 7.02. The van der Waals surface area contributed by atoms with E-state index in [0.717, 1.165) is 45.1 Å². The van der Waals surface area contributed by atoms with Gasteiger partial charge >= 0.3 is 0 Å². The van der Waals surface area contributed by atoms with Gasteiger partial charge in [0, 0.05) is 19.8 Å². The molecule has 0 bridgehead atoms. The summed E-state index contributed by atoms with van der Waals surface area (Å²) in [5.74, 6) is 0.938.